The maximum absolute atomic E-state index is 12.4. The highest BCUT2D eigenvalue weighted by Gasteiger charge is 2.28. The lowest BCUT2D eigenvalue weighted by atomic mass is 10.0. The number of carbonyl (C=O) groups excluding carboxylic acids is 1. The molecule has 0 saturated heterocycles. The summed E-state index contributed by atoms with van der Waals surface area (Å²) in [6.07, 6.45) is 0.387. The van der Waals surface area contributed by atoms with Crippen molar-refractivity contribution in [3.8, 4) is 0 Å². The molecule has 1 rings (SSSR count). The third-order valence-corrected chi connectivity index (χ3v) is 4.71. The Kier molecular flexibility index (Phi) is 6.52. The lowest BCUT2D eigenvalue weighted by Crippen LogP contribution is -2.47. The zero-order valence-electron chi connectivity index (χ0n) is 13.7. The maximum atomic E-state index is 12.4. The summed E-state index contributed by atoms with van der Waals surface area (Å²) in [7, 11) is -0.948. The highest BCUT2D eigenvalue weighted by atomic mass is 32.2. The Hall–Kier alpha value is -1.44. The van der Waals surface area contributed by atoms with Crippen molar-refractivity contribution in [1.29, 1.82) is 0 Å². The lowest BCUT2D eigenvalue weighted by molar-refractivity contribution is -0.170. The van der Waals surface area contributed by atoms with Crippen LogP contribution in [0.25, 0.3) is 0 Å². The number of rotatable bonds is 7. The molecule has 1 amide bonds. The van der Waals surface area contributed by atoms with Crippen molar-refractivity contribution in [2.24, 2.45) is 5.92 Å². The van der Waals surface area contributed by atoms with Crippen LogP contribution in [0.4, 0.5) is 0 Å². The van der Waals surface area contributed by atoms with Crippen LogP contribution in [-0.2, 0) is 19.7 Å². The number of hydrogen-bond donors (Lipinski definition) is 1. The van der Waals surface area contributed by atoms with Crippen LogP contribution in [0.3, 0.4) is 0 Å². The van der Waals surface area contributed by atoms with Crippen molar-refractivity contribution in [3.63, 3.8) is 0 Å². The molecule has 1 aromatic carbocycles. The minimum absolute atomic E-state index is 0.139. The number of amides is 1. The molecule has 0 aliphatic carbocycles. The van der Waals surface area contributed by atoms with Gasteiger partial charge in [0.25, 0.3) is 5.91 Å². The number of carbonyl (C=O) groups is 1. The monoisotopic (exact) mass is 328 g/mol. The molecule has 0 aliphatic heterocycles. The lowest BCUT2D eigenvalue weighted by Gasteiger charge is -2.24. The highest BCUT2D eigenvalue weighted by molar-refractivity contribution is 7.89. The number of benzene rings is 1. The van der Waals surface area contributed by atoms with Gasteiger partial charge < -0.3 is 0 Å². The first kappa shape index (κ1) is 18.6. The van der Waals surface area contributed by atoms with E-state index in [1.165, 1.54) is 26.3 Å². The summed E-state index contributed by atoms with van der Waals surface area (Å²) >= 11 is 0. The minimum atomic E-state index is -3.76. The van der Waals surface area contributed by atoms with Gasteiger partial charge in [-0.15, -0.1) is 0 Å². The van der Waals surface area contributed by atoms with Gasteiger partial charge >= 0.3 is 0 Å². The molecule has 1 atom stereocenters. The van der Waals surface area contributed by atoms with Crippen molar-refractivity contribution < 1.29 is 18.0 Å². The predicted molar refractivity (Wildman–Crippen MR) is 84.5 cm³/mol. The summed E-state index contributed by atoms with van der Waals surface area (Å²) in [6, 6.07) is 5.62. The van der Waals surface area contributed by atoms with Crippen molar-refractivity contribution in [1.82, 2.24) is 9.79 Å². The molecule has 1 N–H and O–H groups in total. The van der Waals surface area contributed by atoms with Gasteiger partial charge in [-0.2, -0.15) is 4.72 Å². The van der Waals surface area contributed by atoms with Crippen molar-refractivity contribution in [2.75, 3.05) is 14.2 Å². The molecule has 0 fully saturated rings. The van der Waals surface area contributed by atoms with Crippen LogP contribution in [0.1, 0.15) is 25.8 Å². The van der Waals surface area contributed by atoms with Gasteiger partial charge in [0.1, 0.15) is 6.04 Å². The SMILES string of the molecule is CON(C)C(=O)C(CC(C)C)NS(=O)(=O)c1ccc(C)cc1. The van der Waals surface area contributed by atoms with E-state index in [9.17, 15) is 13.2 Å². The summed E-state index contributed by atoms with van der Waals surface area (Å²) in [5, 5.41) is 1.03. The topological polar surface area (TPSA) is 75.7 Å². The summed E-state index contributed by atoms with van der Waals surface area (Å²) in [4.78, 5) is 17.2. The zero-order valence-corrected chi connectivity index (χ0v) is 14.5. The Bertz CT molecular complexity index is 596. The molecule has 0 aromatic heterocycles. The van der Waals surface area contributed by atoms with E-state index in [-0.39, 0.29) is 10.8 Å². The third-order valence-electron chi connectivity index (χ3n) is 3.22. The number of nitrogens with one attached hydrogen (secondary N) is 1. The Morgan fingerprint density at radius 3 is 2.27 bits per heavy atom. The standard InChI is InChI=1S/C15H24N2O4S/c1-11(2)10-14(15(18)17(4)21-5)16-22(19,20)13-8-6-12(3)7-9-13/h6-9,11,14,16H,10H2,1-5H3. The van der Waals surface area contributed by atoms with Gasteiger partial charge in [-0.3, -0.25) is 9.63 Å². The third kappa shape index (κ3) is 5.08. The first-order valence-corrected chi connectivity index (χ1v) is 8.56. The molecule has 0 aliphatic rings. The Labute approximate surface area is 132 Å². The molecule has 1 aromatic rings. The Balaban J connectivity index is 3.01. The van der Waals surface area contributed by atoms with Gasteiger partial charge in [-0.1, -0.05) is 31.5 Å². The second-order valence-electron chi connectivity index (χ2n) is 5.63. The molecular weight excluding hydrogens is 304 g/mol. The molecule has 6 nitrogen and oxygen atoms in total. The maximum Gasteiger partial charge on any atom is 0.264 e. The van der Waals surface area contributed by atoms with Crippen LogP contribution >= 0.6 is 0 Å². The van der Waals surface area contributed by atoms with Crippen molar-refractivity contribution in [3.05, 3.63) is 29.8 Å². The van der Waals surface area contributed by atoms with E-state index in [1.807, 2.05) is 20.8 Å². The number of sulfonamides is 1. The number of nitrogens with zero attached hydrogens (tertiary/aromatic N) is 1. The zero-order chi connectivity index (χ0) is 16.9. The molecule has 0 saturated carbocycles. The first-order chi connectivity index (χ1) is 10.2. The van der Waals surface area contributed by atoms with E-state index in [0.29, 0.717) is 6.42 Å². The second-order valence-corrected chi connectivity index (χ2v) is 7.35. The summed E-state index contributed by atoms with van der Waals surface area (Å²) < 4.78 is 27.3. The van der Waals surface area contributed by atoms with Crippen LogP contribution in [0, 0.1) is 12.8 Å². The van der Waals surface area contributed by atoms with Crippen LogP contribution in [0.15, 0.2) is 29.2 Å². The molecule has 0 heterocycles. The fourth-order valence-corrected chi connectivity index (χ4v) is 3.15. The number of hydroxylamine groups is 2. The fourth-order valence-electron chi connectivity index (χ4n) is 1.95. The molecule has 0 bridgehead atoms. The van der Waals surface area contributed by atoms with E-state index in [1.54, 1.807) is 12.1 Å². The van der Waals surface area contributed by atoms with Crippen molar-refractivity contribution in [2.45, 2.75) is 38.1 Å². The number of aryl methyl sites for hydroxylation is 1. The molecule has 22 heavy (non-hydrogen) atoms. The van der Waals surface area contributed by atoms with Crippen LogP contribution in [0.2, 0.25) is 0 Å². The van der Waals surface area contributed by atoms with Crippen LogP contribution < -0.4 is 4.72 Å². The van der Waals surface area contributed by atoms with Gasteiger partial charge in [0, 0.05) is 7.05 Å². The van der Waals surface area contributed by atoms with E-state index < -0.39 is 22.0 Å². The number of hydrogen-bond acceptors (Lipinski definition) is 4. The van der Waals surface area contributed by atoms with Gasteiger partial charge in [0.2, 0.25) is 10.0 Å². The summed E-state index contributed by atoms with van der Waals surface area (Å²) in [5.74, 6) is -0.271. The van der Waals surface area contributed by atoms with Gasteiger partial charge in [0.15, 0.2) is 0 Å². The van der Waals surface area contributed by atoms with E-state index in [0.717, 1.165) is 10.6 Å². The molecule has 1 unspecified atom stereocenters. The highest BCUT2D eigenvalue weighted by Crippen LogP contribution is 2.14. The fraction of sp³-hybridized carbons (Fsp3) is 0.533. The second kappa shape index (κ2) is 7.71. The Morgan fingerprint density at radius 1 is 1.27 bits per heavy atom. The van der Waals surface area contributed by atoms with E-state index >= 15 is 0 Å². The van der Waals surface area contributed by atoms with Gasteiger partial charge in [-0.25, -0.2) is 13.5 Å². The summed E-state index contributed by atoms with van der Waals surface area (Å²) in [6.45, 7) is 5.73. The molecule has 7 heteroatoms. The quantitative estimate of drug-likeness (QED) is 0.773. The molecule has 0 spiro atoms. The van der Waals surface area contributed by atoms with Gasteiger partial charge in [0.05, 0.1) is 12.0 Å². The smallest absolute Gasteiger partial charge is 0.264 e. The molecule has 124 valence electrons. The van der Waals surface area contributed by atoms with E-state index in [2.05, 4.69) is 4.72 Å². The average Bonchev–Trinajstić information content (AvgIpc) is 2.44. The normalized spacial score (nSPS) is 13.2. The van der Waals surface area contributed by atoms with Crippen LogP contribution in [0.5, 0.6) is 0 Å². The van der Waals surface area contributed by atoms with Crippen LogP contribution in [-0.4, -0.2) is 39.6 Å². The van der Waals surface area contributed by atoms with E-state index in [4.69, 9.17) is 4.84 Å². The number of likely N-dealkylation sites (N-methyl/N-ethyl adjacent to an activating group) is 1. The molecular formula is C15H24N2O4S. The van der Waals surface area contributed by atoms with Crippen molar-refractivity contribution >= 4 is 15.9 Å². The first-order valence-electron chi connectivity index (χ1n) is 7.08. The van der Waals surface area contributed by atoms with Gasteiger partial charge in [-0.05, 0) is 31.4 Å². The Morgan fingerprint density at radius 2 is 1.82 bits per heavy atom. The average molecular weight is 328 g/mol. The predicted octanol–water partition coefficient (Wildman–Crippen LogP) is 1.71. The summed E-state index contributed by atoms with van der Waals surface area (Å²) in [5.41, 5.74) is 0.966. The molecule has 0 radical (unpaired) electrons. The largest absolute Gasteiger partial charge is 0.275 e. The minimum Gasteiger partial charge on any atom is -0.275 e.